The van der Waals surface area contributed by atoms with Crippen LogP contribution in [0.15, 0.2) is 29.6 Å². The van der Waals surface area contributed by atoms with E-state index in [-0.39, 0.29) is 47.9 Å². The lowest BCUT2D eigenvalue weighted by Crippen LogP contribution is -2.54. The van der Waals surface area contributed by atoms with Crippen LogP contribution in [-0.4, -0.2) is 109 Å². The van der Waals surface area contributed by atoms with E-state index in [0.29, 0.717) is 83.0 Å². The molecule has 3 saturated heterocycles. The second-order valence-corrected chi connectivity index (χ2v) is 14.7. The van der Waals surface area contributed by atoms with Crippen LogP contribution >= 0.6 is 11.3 Å². The van der Waals surface area contributed by atoms with Gasteiger partial charge in [-0.2, -0.15) is 4.39 Å². The highest BCUT2D eigenvalue weighted by atomic mass is 32.1. The normalized spacial score (nSPS) is 18.9. The molecule has 5 amide bonds. The zero-order valence-electron chi connectivity index (χ0n) is 30.1. The maximum absolute atomic E-state index is 15.3. The summed E-state index contributed by atoms with van der Waals surface area (Å²) in [6.07, 6.45) is 4.06. The molecule has 0 saturated carbocycles. The number of nitrogens with one attached hydrogen (secondary N) is 1. The van der Waals surface area contributed by atoms with Crippen LogP contribution in [0.4, 0.5) is 24.0 Å². The number of imide groups is 2. The van der Waals surface area contributed by atoms with Crippen LogP contribution in [0.2, 0.25) is 0 Å². The highest BCUT2D eigenvalue weighted by Gasteiger charge is 2.45. The Balaban J connectivity index is 0.828. The van der Waals surface area contributed by atoms with Crippen molar-refractivity contribution in [2.45, 2.75) is 57.4 Å². The van der Waals surface area contributed by atoms with E-state index < -0.39 is 47.1 Å². The molecule has 1 atom stereocenters. The van der Waals surface area contributed by atoms with Crippen molar-refractivity contribution in [2.75, 3.05) is 68.9 Å². The number of benzene rings is 2. The average Bonchev–Trinajstić information content (AvgIpc) is 3.77. The summed E-state index contributed by atoms with van der Waals surface area (Å²) in [5.41, 5.74) is 0.929. The number of carbonyl (C=O) groups is 5. The van der Waals surface area contributed by atoms with Gasteiger partial charge in [0.2, 0.25) is 23.5 Å². The number of hydrogen-bond donors (Lipinski definition) is 1. The summed E-state index contributed by atoms with van der Waals surface area (Å²) in [6.45, 7) is 4.21. The van der Waals surface area contributed by atoms with E-state index in [1.54, 1.807) is 9.80 Å². The van der Waals surface area contributed by atoms with Gasteiger partial charge < -0.3 is 24.2 Å². The number of morpholine rings is 1. The van der Waals surface area contributed by atoms with E-state index in [9.17, 15) is 32.8 Å². The van der Waals surface area contributed by atoms with Crippen LogP contribution in [-0.2, 0) is 19.1 Å². The minimum absolute atomic E-state index is 0.00365. The van der Waals surface area contributed by atoms with Gasteiger partial charge in [-0.05, 0) is 43.5 Å². The molecule has 5 heterocycles. The Morgan fingerprint density at radius 1 is 0.855 bits per heavy atom. The number of anilines is 2. The number of nitrogens with zero attached hydrogens (tertiary/aromatic N) is 5. The molecule has 17 heteroatoms. The zero-order valence-corrected chi connectivity index (χ0v) is 30.9. The van der Waals surface area contributed by atoms with Crippen molar-refractivity contribution in [3.63, 3.8) is 0 Å². The first-order chi connectivity index (χ1) is 26.6. The third-order valence-electron chi connectivity index (χ3n) is 10.4. The van der Waals surface area contributed by atoms with Crippen molar-refractivity contribution in [3.8, 4) is 17.0 Å². The molecular formula is C38H41F3N6O7S. The van der Waals surface area contributed by atoms with Crippen molar-refractivity contribution in [3.05, 3.63) is 58.2 Å². The Kier molecular flexibility index (Phi) is 11.7. The van der Waals surface area contributed by atoms with Crippen LogP contribution in [0, 0.1) is 17.5 Å². The summed E-state index contributed by atoms with van der Waals surface area (Å²) in [5, 5.41) is 4.75. The van der Waals surface area contributed by atoms with Gasteiger partial charge in [0.25, 0.3) is 11.8 Å². The number of unbranched alkanes of at least 4 members (excludes halogenated alkanes) is 4. The van der Waals surface area contributed by atoms with Crippen LogP contribution in [0.1, 0.15) is 72.1 Å². The number of halogens is 3. The summed E-state index contributed by atoms with van der Waals surface area (Å²) in [5.74, 6) is -5.58. The van der Waals surface area contributed by atoms with Gasteiger partial charge in [0, 0.05) is 63.1 Å². The van der Waals surface area contributed by atoms with E-state index >= 15 is 4.39 Å². The van der Waals surface area contributed by atoms with Crippen molar-refractivity contribution in [1.82, 2.24) is 20.1 Å². The minimum Gasteiger partial charge on any atom is -0.490 e. The number of thiazole rings is 1. The summed E-state index contributed by atoms with van der Waals surface area (Å²) in [7, 11) is 0. The van der Waals surface area contributed by atoms with Crippen LogP contribution in [0.25, 0.3) is 11.3 Å². The number of piperazine rings is 1. The summed E-state index contributed by atoms with van der Waals surface area (Å²) < 4.78 is 55.5. The molecular weight excluding hydrogens is 742 g/mol. The summed E-state index contributed by atoms with van der Waals surface area (Å²) in [4.78, 5) is 74.1. The highest BCUT2D eigenvalue weighted by molar-refractivity contribution is 7.14. The molecule has 0 aliphatic carbocycles. The lowest BCUT2D eigenvalue weighted by molar-refractivity contribution is -0.136. The first kappa shape index (κ1) is 38.3. The van der Waals surface area contributed by atoms with E-state index in [1.807, 2.05) is 5.38 Å². The standard InChI is InChI=1S/C38H41F3N6O7S/c39-26-8-7-23(28-22-55-38(42-28)46-15-18-53-19-16-46)34(33(26)41)54-17-5-3-1-2-4-6-32(49)45-13-11-44(12-14-45)30-21-25-24(20-27(30)40)36(51)47(37(25)52)29-9-10-31(48)43-35(29)50/h7-8,20-22,29H,1-6,9-19H2,(H,43,48,50). The largest absolute Gasteiger partial charge is 0.490 e. The van der Waals surface area contributed by atoms with Gasteiger partial charge in [-0.3, -0.25) is 34.2 Å². The topological polar surface area (TPSA) is 142 Å². The molecule has 4 aliphatic heterocycles. The van der Waals surface area contributed by atoms with Crippen molar-refractivity contribution in [2.24, 2.45) is 0 Å². The van der Waals surface area contributed by atoms with Gasteiger partial charge in [0.05, 0.1) is 42.3 Å². The number of carbonyl (C=O) groups excluding carboxylic acids is 5. The molecule has 3 aromatic rings. The number of ether oxygens (including phenoxy) is 2. The quantitative estimate of drug-likeness (QED) is 0.194. The number of amides is 5. The van der Waals surface area contributed by atoms with Gasteiger partial charge in [-0.1, -0.05) is 19.3 Å². The molecule has 0 bridgehead atoms. The molecule has 0 radical (unpaired) electrons. The van der Waals surface area contributed by atoms with Crippen LogP contribution in [0.5, 0.6) is 5.75 Å². The number of rotatable bonds is 13. The Bertz CT molecular complexity index is 1980. The van der Waals surface area contributed by atoms with E-state index in [4.69, 9.17) is 9.47 Å². The first-order valence-electron chi connectivity index (χ1n) is 18.6. The fourth-order valence-corrected chi connectivity index (χ4v) is 8.20. The Morgan fingerprint density at radius 2 is 1.56 bits per heavy atom. The Hall–Kier alpha value is -5.03. The van der Waals surface area contributed by atoms with Crippen molar-refractivity contribution in [1.29, 1.82) is 0 Å². The molecule has 1 aromatic heterocycles. The van der Waals surface area contributed by atoms with Crippen molar-refractivity contribution < 1.29 is 46.6 Å². The molecule has 1 unspecified atom stereocenters. The predicted octanol–water partition coefficient (Wildman–Crippen LogP) is 4.53. The van der Waals surface area contributed by atoms with Crippen LogP contribution in [0.3, 0.4) is 0 Å². The first-order valence-corrected chi connectivity index (χ1v) is 19.5. The maximum atomic E-state index is 15.3. The maximum Gasteiger partial charge on any atom is 0.262 e. The SMILES string of the molecule is O=C1CCC(N2C(=O)c3cc(F)c(N4CCN(C(=O)CCCCCCCOc5c(-c6csc(N7CCOCC7)n6)ccc(F)c5F)CC4)cc3C2=O)C(=O)N1. The molecule has 1 N–H and O–H groups in total. The zero-order chi connectivity index (χ0) is 38.6. The second-order valence-electron chi connectivity index (χ2n) is 13.9. The van der Waals surface area contributed by atoms with Crippen LogP contribution < -0.4 is 19.9 Å². The number of fused-ring (bicyclic) bond motifs is 1. The molecule has 3 fully saturated rings. The number of aromatic nitrogens is 1. The van der Waals surface area contributed by atoms with E-state index in [2.05, 4.69) is 15.2 Å². The smallest absolute Gasteiger partial charge is 0.262 e. The van der Waals surface area contributed by atoms with Gasteiger partial charge in [0.15, 0.2) is 16.7 Å². The summed E-state index contributed by atoms with van der Waals surface area (Å²) in [6, 6.07) is 3.77. The van der Waals surface area contributed by atoms with Gasteiger partial charge in [-0.15, -0.1) is 11.3 Å². The second kappa shape index (κ2) is 16.8. The minimum atomic E-state index is -1.14. The monoisotopic (exact) mass is 782 g/mol. The van der Waals surface area contributed by atoms with Gasteiger partial charge in [0.1, 0.15) is 11.9 Å². The molecule has 2 aromatic carbocycles. The fourth-order valence-electron chi connectivity index (χ4n) is 7.32. The fraction of sp³-hybridized carbons (Fsp3) is 0.474. The van der Waals surface area contributed by atoms with E-state index in [1.165, 1.54) is 23.5 Å². The molecule has 7 rings (SSSR count). The molecule has 0 spiro atoms. The third kappa shape index (κ3) is 8.17. The predicted molar refractivity (Wildman–Crippen MR) is 196 cm³/mol. The van der Waals surface area contributed by atoms with Crippen molar-refractivity contribution >= 4 is 51.7 Å². The molecule has 13 nitrogen and oxygen atoms in total. The highest BCUT2D eigenvalue weighted by Crippen LogP contribution is 2.37. The third-order valence-corrected chi connectivity index (χ3v) is 11.3. The number of piperidine rings is 1. The Labute approximate surface area is 319 Å². The molecule has 292 valence electrons. The lowest BCUT2D eigenvalue weighted by Gasteiger charge is -2.36. The van der Waals surface area contributed by atoms with E-state index in [0.717, 1.165) is 41.4 Å². The Morgan fingerprint density at radius 3 is 2.31 bits per heavy atom. The van der Waals surface area contributed by atoms with Gasteiger partial charge >= 0.3 is 0 Å². The average molecular weight is 783 g/mol. The number of hydrogen-bond acceptors (Lipinski definition) is 11. The van der Waals surface area contributed by atoms with Gasteiger partial charge in [-0.25, -0.2) is 13.8 Å². The lowest BCUT2D eigenvalue weighted by atomic mass is 10.0. The molecule has 4 aliphatic rings. The molecule has 55 heavy (non-hydrogen) atoms. The summed E-state index contributed by atoms with van der Waals surface area (Å²) >= 11 is 1.43.